The van der Waals surface area contributed by atoms with E-state index < -0.39 is 0 Å². The molecule has 4 rings (SSSR count). The van der Waals surface area contributed by atoms with Gasteiger partial charge in [0.1, 0.15) is 10.8 Å². The molecule has 1 saturated heterocycles. The number of nitrogens with two attached hydrogens (primary N) is 1. The Kier molecular flexibility index (Phi) is 5.37. The van der Waals surface area contributed by atoms with Gasteiger partial charge in [-0.25, -0.2) is 9.07 Å². The highest BCUT2D eigenvalue weighted by atomic mass is 32.2. The van der Waals surface area contributed by atoms with Gasteiger partial charge >= 0.3 is 0 Å². The fourth-order valence-corrected chi connectivity index (χ4v) is 4.80. The van der Waals surface area contributed by atoms with E-state index >= 15 is 0 Å². The zero-order valence-electron chi connectivity index (χ0n) is 14.7. The number of hydrogen-bond acceptors (Lipinski definition) is 8. The molecule has 3 heterocycles. The maximum absolute atomic E-state index is 14.0. The average molecular weight is 407 g/mol. The van der Waals surface area contributed by atoms with Crippen LogP contribution in [0.5, 0.6) is 0 Å². The lowest BCUT2D eigenvalue weighted by molar-refractivity contribution is 0.0830. The highest BCUT2D eigenvalue weighted by Gasteiger charge is 2.25. The third kappa shape index (κ3) is 3.83. The van der Waals surface area contributed by atoms with Crippen molar-refractivity contribution in [1.82, 2.24) is 25.1 Å². The molecule has 1 aromatic carbocycles. The largest absolute Gasteiger partial charge is 0.381 e. The number of hydrogen-bond donors (Lipinski definition) is 1. The van der Waals surface area contributed by atoms with Gasteiger partial charge in [0.05, 0.1) is 5.25 Å². The minimum Gasteiger partial charge on any atom is -0.381 e. The first-order chi connectivity index (χ1) is 13.1. The van der Waals surface area contributed by atoms with Crippen LogP contribution >= 0.6 is 23.1 Å². The molecule has 3 aromatic rings. The van der Waals surface area contributed by atoms with E-state index in [-0.39, 0.29) is 17.0 Å². The molecule has 0 amide bonds. The molecule has 1 fully saturated rings. The van der Waals surface area contributed by atoms with Crippen molar-refractivity contribution in [2.45, 2.75) is 36.1 Å². The summed E-state index contributed by atoms with van der Waals surface area (Å²) >= 11 is 2.84. The summed E-state index contributed by atoms with van der Waals surface area (Å²) in [5.41, 5.74) is 0.460. The van der Waals surface area contributed by atoms with Crippen LogP contribution in [-0.2, 0) is 4.74 Å². The molecule has 10 heteroatoms. The first kappa shape index (κ1) is 18.3. The van der Waals surface area contributed by atoms with Gasteiger partial charge in [-0.05, 0) is 31.9 Å². The molecule has 7 nitrogen and oxygen atoms in total. The van der Waals surface area contributed by atoms with Gasteiger partial charge in [-0.15, -0.1) is 20.4 Å². The summed E-state index contributed by atoms with van der Waals surface area (Å²) in [6.07, 6.45) is 1.80. The van der Waals surface area contributed by atoms with Crippen molar-refractivity contribution in [3.05, 3.63) is 40.9 Å². The Bertz CT molecular complexity index is 924. The Morgan fingerprint density at radius 1 is 1.22 bits per heavy atom. The van der Waals surface area contributed by atoms with E-state index in [1.807, 2.05) is 6.92 Å². The first-order valence-electron chi connectivity index (χ1n) is 8.66. The molecule has 142 valence electrons. The smallest absolute Gasteiger partial charge is 0.210 e. The molecule has 2 N–H and O–H groups in total. The summed E-state index contributed by atoms with van der Waals surface area (Å²) in [6, 6.07) is 6.56. The van der Waals surface area contributed by atoms with E-state index in [0.717, 1.165) is 36.9 Å². The van der Waals surface area contributed by atoms with Gasteiger partial charge < -0.3 is 10.6 Å². The number of aromatic nitrogens is 5. The molecule has 2 aromatic heterocycles. The van der Waals surface area contributed by atoms with Crippen LogP contribution in [0.3, 0.4) is 0 Å². The van der Waals surface area contributed by atoms with Crippen molar-refractivity contribution in [2.24, 2.45) is 0 Å². The molecule has 0 aliphatic carbocycles. The maximum atomic E-state index is 14.0. The average Bonchev–Trinajstić information content (AvgIpc) is 3.31. The van der Waals surface area contributed by atoms with Crippen molar-refractivity contribution < 1.29 is 9.13 Å². The van der Waals surface area contributed by atoms with E-state index in [1.54, 1.807) is 22.9 Å². The zero-order chi connectivity index (χ0) is 18.8. The third-order valence-electron chi connectivity index (χ3n) is 4.45. The van der Waals surface area contributed by atoms with Gasteiger partial charge in [-0.1, -0.05) is 35.2 Å². The molecule has 27 heavy (non-hydrogen) atoms. The van der Waals surface area contributed by atoms with E-state index in [4.69, 9.17) is 10.6 Å². The number of benzene rings is 1. The predicted octanol–water partition coefficient (Wildman–Crippen LogP) is 3.40. The van der Waals surface area contributed by atoms with E-state index in [1.165, 1.54) is 29.2 Å². The molecule has 0 saturated carbocycles. The highest BCUT2D eigenvalue weighted by molar-refractivity contribution is 7.99. The number of nitrogen functional groups attached to an aromatic ring is 1. The summed E-state index contributed by atoms with van der Waals surface area (Å²) in [6.45, 7) is 3.44. The zero-order valence-corrected chi connectivity index (χ0v) is 16.3. The lowest BCUT2D eigenvalue weighted by Gasteiger charge is -2.20. The van der Waals surface area contributed by atoms with Gasteiger partial charge in [0.25, 0.3) is 0 Å². The standard InChI is InChI=1S/C17H19FN6OS2/c1-10(15-21-22-16(27-15)12-4-2-3-5-13(12)18)26-17-23-20-14(24(17)19)11-6-8-25-9-7-11/h2-5,10-11H,6-9,19H2,1H3. The molecule has 1 unspecified atom stereocenters. The van der Waals surface area contributed by atoms with Crippen LogP contribution in [0.1, 0.15) is 41.8 Å². The van der Waals surface area contributed by atoms with Crippen molar-refractivity contribution >= 4 is 23.1 Å². The fraction of sp³-hybridized carbons (Fsp3) is 0.412. The third-order valence-corrected chi connectivity index (χ3v) is 6.81. The second-order valence-electron chi connectivity index (χ2n) is 6.28. The van der Waals surface area contributed by atoms with Gasteiger partial charge in [-0.3, -0.25) is 0 Å². The monoisotopic (exact) mass is 406 g/mol. The molecule has 0 spiro atoms. The molecule has 0 bridgehead atoms. The second kappa shape index (κ2) is 7.91. The minimum atomic E-state index is -0.302. The molecule has 0 radical (unpaired) electrons. The first-order valence-corrected chi connectivity index (χ1v) is 10.4. The number of nitrogens with zero attached hydrogens (tertiary/aromatic N) is 5. The van der Waals surface area contributed by atoms with Crippen molar-refractivity contribution in [2.75, 3.05) is 19.1 Å². The Labute approximate surface area is 164 Å². The summed E-state index contributed by atoms with van der Waals surface area (Å²) in [5.74, 6) is 6.98. The van der Waals surface area contributed by atoms with E-state index in [2.05, 4.69) is 20.4 Å². The number of ether oxygens (including phenoxy) is 1. The Morgan fingerprint density at radius 3 is 2.78 bits per heavy atom. The van der Waals surface area contributed by atoms with Crippen LogP contribution < -0.4 is 5.84 Å². The van der Waals surface area contributed by atoms with Gasteiger partial charge in [-0.2, -0.15) is 0 Å². The van der Waals surface area contributed by atoms with Crippen molar-refractivity contribution in [3.8, 4) is 10.6 Å². The molecular weight excluding hydrogens is 387 g/mol. The van der Waals surface area contributed by atoms with Crippen LogP contribution in [-0.4, -0.2) is 38.3 Å². The lowest BCUT2D eigenvalue weighted by Crippen LogP contribution is -2.22. The SMILES string of the molecule is CC(Sc1nnc(C2CCOCC2)n1N)c1nnc(-c2ccccc2F)s1. The van der Waals surface area contributed by atoms with Crippen LogP contribution in [0, 0.1) is 5.82 Å². The Morgan fingerprint density at radius 2 is 2.00 bits per heavy atom. The van der Waals surface area contributed by atoms with Gasteiger partial charge in [0.2, 0.25) is 5.16 Å². The maximum Gasteiger partial charge on any atom is 0.210 e. The topological polar surface area (TPSA) is 91.7 Å². The summed E-state index contributed by atoms with van der Waals surface area (Å²) in [4.78, 5) is 0. The number of thioether (sulfide) groups is 1. The van der Waals surface area contributed by atoms with Crippen LogP contribution in [0.2, 0.25) is 0 Å². The summed E-state index contributed by atoms with van der Waals surface area (Å²) in [7, 11) is 0. The molecule has 1 atom stereocenters. The molecule has 1 aliphatic rings. The van der Waals surface area contributed by atoms with Crippen molar-refractivity contribution in [3.63, 3.8) is 0 Å². The van der Waals surface area contributed by atoms with Gasteiger partial charge in [0, 0.05) is 24.7 Å². The molecular formula is C17H19FN6OS2. The Hall–Kier alpha value is -2.04. The fourth-order valence-electron chi connectivity index (χ4n) is 2.95. The van der Waals surface area contributed by atoms with Crippen molar-refractivity contribution in [1.29, 1.82) is 0 Å². The van der Waals surface area contributed by atoms with Crippen LogP contribution in [0.4, 0.5) is 4.39 Å². The summed E-state index contributed by atoms with van der Waals surface area (Å²) in [5, 5.41) is 18.8. The lowest BCUT2D eigenvalue weighted by atomic mass is 10.00. The van der Waals surface area contributed by atoms with E-state index in [9.17, 15) is 4.39 Å². The summed E-state index contributed by atoms with van der Waals surface area (Å²) < 4.78 is 20.9. The number of halogens is 1. The highest BCUT2D eigenvalue weighted by Crippen LogP contribution is 2.38. The normalized spacial score (nSPS) is 16.5. The van der Waals surface area contributed by atoms with E-state index in [0.29, 0.717) is 15.7 Å². The predicted molar refractivity (Wildman–Crippen MR) is 103 cm³/mol. The van der Waals surface area contributed by atoms with Gasteiger partial charge in [0.15, 0.2) is 10.8 Å². The Balaban J connectivity index is 1.49. The second-order valence-corrected chi connectivity index (χ2v) is 8.60. The van der Waals surface area contributed by atoms with Crippen LogP contribution in [0.15, 0.2) is 29.4 Å². The van der Waals surface area contributed by atoms with Crippen LogP contribution in [0.25, 0.3) is 10.6 Å². The molecule has 1 aliphatic heterocycles. The minimum absolute atomic E-state index is 0.0305. The quantitative estimate of drug-likeness (QED) is 0.513. The number of rotatable bonds is 5.